The molecular formula is C12H23NO2. The molecule has 0 aromatic carbocycles. The number of aliphatic hydroxyl groups is 1. The number of hydrogen-bond donors (Lipinski definition) is 2. The van der Waals surface area contributed by atoms with Crippen molar-refractivity contribution < 1.29 is 9.90 Å². The van der Waals surface area contributed by atoms with E-state index in [0.29, 0.717) is 18.9 Å². The van der Waals surface area contributed by atoms with E-state index >= 15 is 0 Å². The molecule has 0 bridgehead atoms. The van der Waals surface area contributed by atoms with Crippen LogP contribution in [-0.4, -0.2) is 24.2 Å². The molecule has 0 saturated heterocycles. The minimum Gasteiger partial charge on any atom is -0.396 e. The summed E-state index contributed by atoms with van der Waals surface area (Å²) in [5.41, 5.74) is -0.0212. The topological polar surface area (TPSA) is 49.3 Å². The summed E-state index contributed by atoms with van der Waals surface area (Å²) >= 11 is 0. The van der Waals surface area contributed by atoms with Crippen molar-refractivity contribution in [1.29, 1.82) is 0 Å². The van der Waals surface area contributed by atoms with Crippen LogP contribution in [0, 0.1) is 11.3 Å². The number of nitrogens with one attached hydrogen (secondary N) is 1. The lowest BCUT2D eigenvalue weighted by molar-refractivity contribution is -0.122. The Labute approximate surface area is 92.3 Å². The Morgan fingerprint density at radius 2 is 2.00 bits per heavy atom. The summed E-state index contributed by atoms with van der Waals surface area (Å²) in [5.74, 6) is 0.517. The summed E-state index contributed by atoms with van der Waals surface area (Å²) in [6.45, 7) is 4.93. The summed E-state index contributed by atoms with van der Waals surface area (Å²) in [4.78, 5) is 11.5. The van der Waals surface area contributed by atoms with Crippen LogP contribution in [0.25, 0.3) is 0 Å². The van der Waals surface area contributed by atoms with Gasteiger partial charge in [-0.25, -0.2) is 0 Å². The normalized spacial score (nSPS) is 19.5. The van der Waals surface area contributed by atoms with Crippen molar-refractivity contribution in [2.45, 2.75) is 46.0 Å². The van der Waals surface area contributed by atoms with Crippen molar-refractivity contribution in [2.75, 3.05) is 13.2 Å². The van der Waals surface area contributed by atoms with E-state index in [1.54, 1.807) is 0 Å². The maximum absolute atomic E-state index is 11.5. The Kier molecular flexibility index (Phi) is 4.58. The molecule has 0 aromatic rings. The standard InChI is InChI=1S/C12H23NO2/c1-10(2)7-11(15)13-8-12(9-14)5-3-4-6-12/h10,14H,3-9H2,1-2H3,(H,13,15). The average molecular weight is 213 g/mol. The van der Waals surface area contributed by atoms with Gasteiger partial charge in [-0.15, -0.1) is 0 Å². The smallest absolute Gasteiger partial charge is 0.220 e. The van der Waals surface area contributed by atoms with Gasteiger partial charge in [-0.05, 0) is 18.8 Å². The van der Waals surface area contributed by atoms with E-state index in [1.165, 1.54) is 12.8 Å². The minimum atomic E-state index is -0.0212. The second-order valence-electron chi connectivity index (χ2n) is 5.24. The first kappa shape index (κ1) is 12.5. The third-order valence-corrected chi connectivity index (χ3v) is 3.25. The van der Waals surface area contributed by atoms with Gasteiger partial charge in [-0.1, -0.05) is 26.7 Å². The zero-order valence-corrected chi connectivity index (χ0v) is 9.88. The maximum Gasteiger partial charge on any atom is 0.220 e. The van der Waals surface area contributed by atoms with E-state index in [9.17, 15) is 9.90 Å². The van der Waals surface area contributed by atoms with Gasteiger partial charge in [0, 0.05) is 18.4 Å². The molecule has 1 rings (SSSR count). The summed E-state index contributed by atoms with van der Waals surface area (Å²) in [6.07, 6.45) is 5.04. The summed E-state index contributed by atoms with van der Waals surface area (Å²) < 4.78 is 0. The van der Waals surface area contributed by atoms with Gasteiger partial charge in [0.2, 0.25) is 5.91 Å². The van der Waals surface area contributed by atoms with Gasteiger partial charge in [-0.3, -0.25) is 4.79 Å². The lowest BCUT2D eigenvalue weighted by atomic mass is 9.87. The van der Waals surface area contributed by atoms with Crippen LogP contribution in [0.3, 0.4) is 0 Å². The van der Waals surface area contributed by atoms with E-state index < -0.39 is 0 Å². The predicted octanol–water partition coefficient (Wildman–Crippen LogP) is 1.70. The number of aliphatic hydroxyl groups excluding tert-OH is 1. The van der Waals surface area contributed by atoms with Crippen molar-refractivity contribution in [2.24, 2.45) is 11.3 Å². The first-order chi connectivity index (χ1) is 7.08. The Bertz CT molecular complexity index is 208. The Hall–Kier alpha value is -0.570. The van der Waals surface area contributed by atoms with Crippen LogP contribution in [0.15, 0.2) is 0 Å². The zero-order valence-electron chi connectivity index (χ0n) is 9.88. The van der Waals surface area contributed by atoms with Gasteiger partial charge < -0.3 is 10.4 Å². The summed E-state index contributed by atoms with van der Waals surface area (Å²) in [6, 6.07) is 0. The highest BCUT2D eigenvalue weighted by Gasteiger charge is 2.33. The third kappa shape index (κ3) is 3.82. The molecule has 1 amide bonds. The van der Waals surface area contributed by atoms with Crippen molar-refractivity contribution in [1.82, 2.24) is 5.32 Å². The number of amides is 1. The van der Waals surface area contributed by atoms with Gasteiger partial charge in [0.25, 0.3) is 0 Å². The SMILES string of the molecule is CC(C)CC(=O)NCC1(CO)CCCC1. The van der Waals surface area contributed by atoms with E-state index in [-0.39, 0.29) is 17.9 Å². The Morgan fingerprint density at radius 1 is 1.40 bits per heavy atom. The molecule has 1 fully saturated rings. The van der Waals surface area contributed by atoms with Crippen LogP contribution in [0.1, 0.15) is 46.0 Å². The van der Waals surface area contributed by atoms with Gasteiger partial charge in [-0.2, -0.15) is 0 Å². The van der Waals surface area contributed by atoms with E-state index in [2.05, 4.69) is 5.32 Å². The number of hydrogen-bond acceptors (Lipinski definition) is 2. The summed E-state index contributed by atoms with van der Waals surface area (Å²) in [5, 5.41) is 12.3. The third-order valence-electron chi connectivity index (χ3n) is 3.25. The number of carbonyl (C=O) groups is 1. The highest BCUT2D eigenvalue weighted by atomic mass is 16.3. The second-order valence-corrected chi connectivity index (χ2v) is 5.24. The van der Waals surface area contributed by atoms with E-state index in [1.807, 2.05) is 13.8 Å². The van der Waals surface area contributed by atoms with Crippen molar-refractivity contribution in [3.05, 3.63) is 0 Å². The van der Waals surface area contributed by atoms with Crippen LogP contribution in [-0.2, 0) is 4.79 Å². The molecular weight excluding hydrogens is 190 g/mol. The molecule has 0 spiro atoms. The summed E-state index contributed by atoms with van der Waals surface area (Å²) in [7, 11) is 0. The maximum atomic E-state index is 11.5. The van der Waals surface area contributed by atoms with Gasteiger partial charge in [0.1, 0.15) is 0 Å². The molecule has 15 heavy (non-hydrogen) atoms. The van der Waals surface area contributed by atoms with E-state index in [4.69, 9.17) is 0 Å². The molecule has 1 aliphatic carbocycles. The highest BCUT2D eigenvalue weighted by molar-refractivity contribution is 5.76. The fraction of sp³-hybridized carbons (Fsp3) is 0.917. The molecule has 3 heteroatoms. The molecule has 88 valence electrons. The predicted molar refractivity (Wildman–Crippen MR) is 60.5 cm³/mol. The van der Waals surface area contributed by atoms with Crippen LogP contribution >= 0.6 is 0 Å². The average Bonchev–Trinajstić information content (AvgIpc) is 2.63. The zero-order chi connectivity index (χ0) is 11.3. The number of rotatable bonds is 5. The molecule has 0 aromatic heterocycles. The second kappa shape index (κ2) is 5.50. The molecule has 1 aliphatic rings. The number of carbonyl (C=O) groups excluding carboxylic acids is 1. The molecule has 0 atom stereocenters. The van der Waals surface area contributed by atoms with Crippen molar-refractivity contribution >= 4 is 5.91 Å². The fourth-order valence-corrected chi connectivity index (χ4v) is 2.24. The Morgan fingerprint density at radius 3 is 2.47 bits per heavy atom. The first-order valence-corrected chi connectivity index (χ1v) is 5.95. The molecule has 0 radical (unpaired) electrons. The highest BCUT2D eigenvalue weighted by Crippen LogP contribution is 2.36. The van der Waals surface area contributed by atoms with Crippen molar-refractivity contribution in [3.8, 4) is 0 Å². The monoisotopic (exact) mass is 213 g/mol. The van der Waals surface area contributed by atoms with Crippen LogP contribution in [0.5, 0.6) is 0 Å². The quantitative estimate of drug-likeness (QED) is 0.730. The molecule has 0 unspecified atom stereocenters. The van der Waals surface area contributed by atoms with Gasteiger partial charge >= 0.3 is 0 Å². The van der Waals surface area contributed by atoms with Crippen LogP contribution < -0.4 is 5.32 Å². The van der Waals surface area contributed by atoms with E-state index in [0.717, 1.165) is 12.8 Å². The van der Waals surface area contributed by atoms with Crippen molar-refractivity contribution in [3.63, 3.8) is 0 Å². The fourth-order valence-electron chi connectivity index (χ4n) is 2.24. The van der Waals surface area contributed by atoms with Gasteiger partial charge in [0.05, 0.1) is 6.61 Å². The molecule has 3 nitrogen and oxygen atoms in total. The largest absolute Gasteiger partial charge is 0.396 e. The lowest BCUT2D eigenvalue weighted by Gasteiger charge is -2.26. The molecule has 0 heterocycles. The van der Waals surface area contributed by atoms with Crippen LogP contribution in [0.4, 0.5) is 0 Å². The molecule has 2 N–H and O–H groups in total. The first-order valence-electron chi connectivity index (χ1n) is 5.95. The minimum absolute atomic E-state index is 0.0212. The Balaban J connectivity index is 2.31. The molecule has 1 saturated carbocycles. The molecule has 0 aliphatic heterocycles. The van der Waals surface area contributed by atoms with Crippen LogP contribution in [0.2, 0.25) is 0 Å². The van der Waals surface area contributed by atoms with Gasteiger partial charge in [0.15, 0.2) is 0 Å². The lowest BCUT2D eigenvalue weighted by Crippen LogP contribution is -2.38.